The summed E-state index contributed by atoms with van der Waals surface area (Å²) in [7, 11) is 1.96. The quantitative estimate of drug-likeness (QED) is 0.742. The summed E-state index contributed by atoms with van der Waals surface area (Å²) in [5.41, 5.74) is 0. The lowest BCUT2D eigenvalue weighted by Crippen LogP contribution is -2.40. The van der Waals surface area contributed by atoms with Crippen LogP contribution in [0.1, 0.15) is 33.1 Å². The third-order valence-corrected chi connectivity index (χ3v) is 3.01. The molecule has 1 fully saturated rings. The van der Waals surface area contributed by atoms with E-state index >= 15 is 0 Å². The van der Waals surface area contributed by atoms with E-state index in [-0.39, 0.29) is 0 Å². The highest BCUT2D eigenvalue weighted by atomic mass is 32.1. The zero-order chi connectivity index (χ0) is 12.3. The average molecular weight is 244 g/mol. The van der Waals surface area contributed by atoms with Crippen molar-refractivity contribution in [3.05, 3.63) is 0 Å². The van der Waals surface area contributed by atoms with E-state index in [0.29, 0.717) is 0 Å². The number of likely N-dealkylation sites (tertiary alicyclic amines) is 1. The maximum Gasteiger partial charge on any atom is 0.329 e. The van der Waals surface area contributed by atoms with Crippen LogP contribution in [0.3, 0.4) is 0 Å². The largest absolute Gasteiger partial charge is 0.480 e. The predicted octanol–water partition coefficient (Wildman–Crippen LogP) is 1.66. The number of rotatable bonds is 3. The van der Waals surface area contributed by atoms with Gasteiger partial charge in [0.2, 0.25) is 0 Å². The van der Waals surface area contributed by atoms with Gasteiger partial charge in [-0.1, -0.05) is 0 Å². The number of amidine groups is 1. The van der Waals surface area contributed by atoms with Gasteiger partial charge < -0.3 is 10.0 Å². The Bertz CT molecular complexity index is 297. The number of carbonyl (C=O) groups is 1. The van der Waals surface area contributed by atoms with E-state index in [0.717, 1.165) is 31.6 Å². The Kier molecular flexibility index (Phi) is 4.24. The van der Waals surface area contributed by atoms with Crippen molar-refractivity contribution in [1.82, 2.24) is 4.90 Å². The molecular weight excluding hydrogens is 224 g/mol. The predicted molar refractivity (Wildman–Crippen MR) is 68.4 cm³/mol. The van der Waals surface area contributed by atoms with Gasteiger partial charge >= 0.3 is 5.97 Å². The second-order valence-electron chi connectivity index (χ2n) is 4.82. The van der Waals surface area contributed by atoms with E-state index in [2.05, 4.69) is 17.6 Å². The lowest BCUT2D eigenvalue weighted by molar-refractivity contribution is -0.139. The van der Waals surface area contributed by atoms with Crippen LogP contribution in [0.4, 0.5) is 0 Å². The number of carboxylic acid groups (broad SMARTS) is 1. The first kappa shape index (κ1) is 13.4. The third kappa shape index (κ3) is 3.40. The van der Waals surface area contributed by atoms with Crippen molar-refractivity contribution in [2.45, 2.75) is 43.9 Å². The Labute approximate surface area is 102 Å². The van der Waals surface area contributed by atoms with Gasteiger partial charge in [-0.05, 0) is 26.7 Å². The Balaban J connectivity index is 2.88. The molecule has 0 saturated carbocycles. The van der Waals surface area contributed by atoms with Gasteiger partial charge in [-0.25, -0.2) is 4.79 Å². The maximum atomic E-state index is 11.2. The highest BCUT2D eigenvalue weighted by Gasteiger charge is 2.32. The van der Waals surface area contributed by atoms with E-state index < -0.39 is 16.8 Å². The molecule has 1 heterocycles. The van der Waals surface area contributed by atoms with Crippen LogP contribution in [0, 0.1) is 0 Å². The lowest BCUT2D eigenvalue weighted by atomic mass is 10.0. The van der Waals surface area contributed by atoms with Crippen molar-refractivity contribution in [3.8, 4) is 0 Å². The molecule has 1 rings (SSSR count). The number of hydrogen-bond acceptors (Lipinski definition) is 3. The van der Waals surface area contributed by atoms with Gasteiger partial charge in [-0.2, -0.15) is 12.6 Å². The van der Waals surface area contributed by atoms with E-state index in [1.807, 2.05) is 11.9 Å². The molecule has 0 unspecified atom stereocenters. The summed E-state index contributed by atoms with van der Waals surface area (Å²) < 4.78 is -0.642. The van der Waals surface area contributed by atoms with E-state index in [1.165, 1.54) is 0 Å². The van der Waals surface area contributed by atoms with Gasteiger partial charge in [0.05, 0.1) is 5.84 Å². The molecule has 0 bridgehead atoms. The van der Waals surface area contributed by atoms with Crippen molar-refractivity contribution < 1.29 is 9.90 Å². The number of aliphatic carboxylic acids is 1. The molecular formula is C11H20N2O2S. The highest BCUT2D eigenvalue weighted by Crippen LogP contribution is 2.22. The van der Waals surface area contributed by atoms with E-state index in [4.69, 9.17) is 5.11 Å². The molecule has 0 spiro atoms. The van der Waals surface area contributed by atoms with Crippen LogP contribution in [-0.2, 0) is 4.79 Å². The number of nitrogens with zero attached hydrogens (tertiary/aromatic N) is 2. The summed E-state index contributed by atoms with van der Waals surface area (Å²) >= 11 is 4.31. The fourth-order valence-electron chi connectivity index (χ4n) is 1.78. The molecule has 1 aliphatic rings. The average Bonchev–Trinajstić information content (AvgIpc) is 2.14. The molecule has 16 heavy (non-hydrogen) atoms. The minimum absolute atomic E-state index is 0.642. The standard InChI is InChI=1S/C11H20N2O2S/c1-11(2,16)9(10(14)15)12-8-6-4-5-7-13(8)3/h9,16H,4-7H2,1-3H3,(H,14,15)/t9-/m1/s1. The molecule has 4 nitrogen and oxygen atoms in total. The number of hydrogen-bond donors (Lipinski definition) is 2. The molecule has 1 N–H and O–H groups in total. The first-order valence-corrected chi connectivity index (χ1v) is 6.00. The number of thiol groups is 1. The first-order chi connectivity index (χ1) is 7.32. The Hall–Kier alpha value is -0.710. The number of aliphatic imine (C=N–C) groups is 1. The molecule has 5 heteroatoms. The van der Waals surface area contributed by atoms with Crippen LogP contribution in [0.15, 0.2) is 4.99 Å². The van der Waals surface area contributed by atoms with Crippen LogP contribution in [0.25, 0.3) is 0 Å². The van der Waals surface area contributed by atoms with Crippen molar-refractivity contribution in [2.75, 3.05) is 13.6 Å². The van der Waals surface area contributed by atoms with Gasteiger partial charge in [0.1, 0.15) is 0 Å². The molecule has 1 atom stereocenters. The SMILES string of the molecule is CN1CCCCC1=N[C@H](C(=O)O)C(C)(C)S. The summed E-state index contributed by atoms with van der Waals surface area (Å²) in [4.78, 5) is 17.5. The molecule has 0 aromatic heterocycles. The van der Waals surface area contributed by atoms with Gasteiger partial charge in [0.25, 0.3) is 0 Å². The second-order valence-corrected chi connectivity index (χ2v) is 5.97. The zero-order valence-electron chi connectivity index (χ0n) is 10.1. The zero-order valence-corrected chi connectivity index (χ0v) is 11.0. The summed E-state index contributed by atoms with van der Waals surface area (Å²) in [6, 6.07) is -0.786. The third-order valence-electron chi connectivity index (χ3n) is 2.77. The molecule has 92 valence electrons. The summed E-state index contributed by atoms with van der Waals surface area (Å²) in [5, 5.41) is 9.15. The fraction of sp³-hybridized carbons (Fsp3) is 0.818. The summed E-state index contributed by atoms with van der Waals surface area (Å²) in [6.07, 6.45) is 3.10. The Morgan fingerprint density at radius 1 is 1.56 bits per heavy atom. The monoisotopic (exact) mass is 244 g/mol. The van der Waals surface area contributed by atoms with Gasteiger partial charge in [-0.15, -0.1) is 0 Å². The first-order valence-electron chi connectivity index (χ1n) is 5.55. The van der Waals surface area contributed by atoms with Gasteiger partial charge in [0, 0.05) is 24.8 Å². The molecule has 0 aromatic rings. The summed E-state index contributed by atoms with van der Waals surface area (Å²) in [6.45, 7) is 4.52. The molecule has 1 aliphatic heterocycles. The molecule has 0 radical (unpaired) electrons. The van der Waals surface area contributed by atoms with Gasteiger partial charge in [0.15, 0.2) is 6.04 Å². The molecule has 0 amide bonds. The second kappa shape index (κ2) is 5.08. The highest BCUT2D eigenvalue weighted by molar-refractivity contribution is 7.81. The Morgan fingerprint density at radius 3 is 2.62 bits per heavy atom. The van der Waals surface area contributed by atoms with Crippen LogP contribution in [-0.4, -0.2) is 46.2 Å². The lowest BCUT2D eigenvalue weighted by Gasteiger charge is -2.30. The molecule has 0 aliphatic carbocycles. The smallest absolute Gasteiger partial charge is 0.329 e. The normalized spacial score (nSPS) is 22.2. The van der Waals surface area contributed by atoms with Crippen LogP contribution < -0.4 is 0 Å². The van der Waals surface area contributed by atoms with Crippen LogP contribution in [0.5, 0.6) is 0 Å². The number of piperidine rings is 1. The van der Waals surface area contributed by atoms with Crippen molar-refractivity contribution in [3.63, 3.8) is 0 Å². The molecule has 1 saturated heterocycles. The van der Waals surface area contributed by atoms with Crippen LogP contribution in [0.2, 0.25) is 0 Å². The minimum atomic E-state index is -0.911. The van der Waals surface area contributed by atoms with E-state index in [1.54, 1.807) is 13.8 Å². The van der Waals surface area contributed by atoms with Crippen LogP contribution >= 0.6 is 12.6 Å². The minimum Gasteiger partial charge on any atom is -0.480 e. The summed E-state index contributed by atoms with van der Waals surface area (Å²) in [5.74, 6) is -0.0211. The number of carboxylic acids is 1. The van der Waals surface area contributed by atoms with Crippen molar-refractivity contribution >= 4 is 24.4 Å². The van der Waals surface area contributed by atoms with E-state index in [9.17, 15) is 4.79 Å². The molecule has 0 aromatic carbocycles. The Morgan fingerprint density at radius 2 is 2.19 bits per heavy atom. The topological polar surface area (TPSA) is 52.9 Å². The fourth-order valence-corrected chi connectivity index (χ4v) is 1.95. The van der Waals surface area contributed by atoms with Crippen molar-refractivity contribution in [2.24, 2.45) is 4.99 Å². The maximum absolute atomic E-state index is 11.2. The van der Waals surface area contributed by atoms with Gasteiger partial charge in [-0.3, -0.25) is 4.99 Å². The van der Waals surface area contributed by atoms with Crippen molar-refractivity contribution in [1.29, 1.82) is 0 Å².